The number of imidazole rings is 1. The van der Waals surface area contributed by atoms with Crippen molar-refractivity contribution in [2.24, 2.45) is 10.9 Å². The molecule has 1 aliphatic heterocycles. The van der Waals surface area contributed by atoms with Crippen molar-refractivity contribution in [2.45, 2.75) is 52.7 Å². The second-order valence-electron chi connectivity index (χ2n) is 8.50. The molecule has 1 atom stereocenters. The minimum atomic E-state index is 0. The molecule has 32 heavy (non-hydrogen) atoms. The van der Waals surface area contributed by atoms with Gasteiger partial charge in [0.15, 0.2) is 5.96 Å². The predicted octanol–water partition coefficient (Wildman–Crippen LogP) is 4.06. The lowest BCUT2D eigenvalue weighted by Gasteiger charge is -2.29. The summed E-state index contributed by atoms with van der Waals surface area (Å²) in [6.07, 6.45) is 6.41. The fourth-order valence-corrected chi connectivity index (χ4v) is 4.10. The zero-order valence-electron chi connectivity index (χ0n) is 19.9. The molecule has 0 spiro atoms. The van der Waals surface area contributed by atoms with Crippen LogP contribution >= 0.6 is 24.0 Å². The van der Waals surface area contributed by atoms with Gasteiger partial charge in [-0.25, -0.2) is 9.98 Å². The summed E-state index contributed by atoms with van der Waals surface area (Å²) in [7, 11) is 1.72. The van der Waals surface area contributed by atoms with E-state index in [-0.39, 0.29) is 30.0 Å². The molecular formula is C24H39IN6O. The second-order valence-corrected chi connectivity index (χ2v) is 8.50. The van der Waals surface area contributed by atoms with Crippen LogP contribution in [0.4, 0.5) is 0 Å². The summed E-state index contributed by atoms with van der Waals surface area (Å²) < 4.78 is 7.66. The van der Waals surface area contributed by atoms with Crippen molar-refractivity contribution in [1.82, 2.24) is 25.1 Å². The van der Waals surface area contributed by atoms with Gasteiger partial charge < -0.3 is 19.9 Å². The number of likely N-dealkylation sites (tertiary alicyclic amines) is 1. The van der Waals surface area contributed by atoms with E-state index in [1.165, 1.54) is 18.4 Å². The van der Waals surface area contributed by atoms with Crippen molar-refractivity contribution in [3.05, 3.63) is 48.0 Å². The minimum absolute atomic E-state index is 0. The van der Waals surface area contributed by atoms with Crippen molar-refractivity contribution in [3.63, 3.8) is 0 Å². The zero-order valence-corrected chi connectivity index (χ0v) is 22.2. The van der Waals surface area contributed by atoms with Gasteiger partial charge in [-0.05, 0) is 56.5 Å². The predicted molar refractivity (Wildman–Crippen MR) is 142 cm³/mol. The van der Waals surface area contributed by atoms with Gasteiger partial charge >= 0.3 is 0 Å². The number of rotatable bonds is 10. The number of hydrogen-bond acceptors (Lipinski definition) is 4. The van der Waals surface area contributed by atoms with Crippen LogP contribution in [0.2, 0.25) is 0 Å². The highest BCUT2D eigenvalue weighted by Gasteiger charge is 2.24. The van der Waals surface area contributed by atoms with E-state index in [2.05, 4.69) is 64.1 Å². The van der Waals surface area contributed by atoms with Crippen LogP contribution in [-0.2, 0) is 13.1 Å². The average Bonchev–Trinajstić information content (AvgIpc) is 3.44. The number of aliphatic imine (C=N–C) groups is 1. The van der Waals surface area contributed by atoms with Crippen molar-refractivity contribution in [2.75, 3.05) is 33.3 Å². The van der Waals surface area contributed by atoms with E-state index in [1.807, 2.05) is 18.5 Å². The fourth-order valence-electron chi connectivity index (χ4n) is 4.10. The van der Waals surface area contributed by atoms with Gasteiger partial charge in [-0.3, -0.25) is 4.90 Å². The molecule has 0 amide bonds. The number of aromatic nitrogens is 2. The molecule has 1 fully saturated rings. The van der Waals surface area contributed by atoms with E-state index in [9.17, 15) is 0 Å². The number of nitrogens with one attached hydrogen (secondary N) is 2. The van der Waals surface area contributed by atoms with E-state index < -0.39 is 0 Å². The average molecular weight is 555 g/mol. The molecule has 0 radical (unpaired) electrons. The molecule has 1 aromatic carbocycles. The maximum Gasteiger partial charge on any atom is 0.191 e. The quantitative estimate of drug-likeness (QED) is 0.264. The van der Waals surface area contributed by atoms with Gasteiger partial charge in [-0.15, -0.1) is 24.0 Å². The van der Waals surface area contributed by atoms with Gasteiger partial charge in [0.25, 0.3) is 0 Å². The molecule has 2 aromatic rings. The molecule has 1 aromatic heterocycles. The molecular weight excluding hydrogens is 515 g/mol. The number of halogens is 1. The van der Waals surface area contributed by atoms with Gasteiger partial charge in [0.2, 0.25) is 0 Å². The first-order valence-electron chi connectivity index (χ1n) is 11.5. The maximum absolute atomic E-state index is 5.47. The Kier molecular flexibility index (Phi) is 11.3. The lowest BCUT2D eigenvalue weighted by molar-refractivity contribution is 0.245. The summed E-state index contributed by atoms with van der Waals surface area (Å²) >= 11 is 0. The van der Waals surface area contributed by atoms with E-state index >= 15 is 0 Å². The molecule has 2 heterocycles. The van der Waals surface area contributed by atoms with Gasteiger partial charge in [0.05, 0.1) is 13.2 Å². The third-order valence-corrected chi connectivity index (χ3v) is 5.61. The summed E-state index contributed by atoms with van der Waals surface area (Å²) in [5.41, 5.74) is 1.28. The highest BCUT2D eigenvalue weighted by Crippen LogP contribution is 2.27. The Balaban J connectivity index is 0.00000363. The fraction of sp³-hybridized carbons (Fsp3) is 0.583. The first-order chi connectivity index (χ1) is 15.1. The van der Waals surface area contributed by atoms with Crippen LogP contribution in [0.3, 0.4) is 0 Å². The monoisotopic (exact) mass is 554 g/mol. The molecule has 7 nitrogen and oxygen atoms in total. The van der Waals surface area contributed by atoms with Crippen molar-refractivity contribution < 1.29 is 4.74 Å². The Morgan fingerprint density at radius 2 is 2.00 bits per heavy atom. The second kappa shape index (κ2) is 13.7. The van der Waals surface area contributed by atoms with Crippen LogP contribution in [0.25, 0.3) is 0 Å². The highest BCUT2D eigenvalue weighted by molar-refractivity contribution is 14.0. The van der Waals surface area contributed by atoms with E-state index in [1.54, 1.807) is 7.11 Å². The Morgan fingerprint density at radius 1 is 1.22 bits per heavy atom. The largest absolute Gasteiger partial charge is 0.497 e. The Labute approximate surface area is 210 Å². The van der Waals surface area contributed by atoms with Crippen LogP contribution in [-0.4, -0.2) is 53.7 Å². The number of nitrogens with zero attached hydrogens (tertiary/aromatic N) is 4. The van der Waals surface area contributed by atoms with Crippen molar-refractivity contribution >= 4 is 29.9 Å². The summed E-state index contributed by atoms with van der Waals surface area (Å²) in [4.78, 5) is 11.9. The smallest absolute Gasteiger partial charge is 0.191 e. The van der Waals surface area contributed by atoms with E-state index in [4.69, 9.17) is 9.73 Å². The van der Waals surface area contributed by atoms with Gasteiger partial charge in [-0.1, -0.05) is 26.0 Å². The highest BCUT2D eigenvalue weighted by atomic mass is 127. The van der Waals surface area contributed by atoms with E-state index in [0.29, 0.717) is 12.5 Å². The van der Waals surface area contributed by atoms with Crippen LogP contribution < -0.4 is 15.4 Å². The lowest BCUT2D eigenvalue weighted by atomic mass is 10.1. The van der Waals surface area contributed by atoms with Gasteiger partial charge in [0.1, 0.15) is 18.1 Å². The Morgan fingerprint density at radius 3 is 2.69 bits per heavy atom. The standard InChI is InChI=1S/C24H38N6O.HI/c1-5-25-24(28-17-23-26-11-14-30(23)18-19(2)3)27-16-22(29-12-6-7-13-29)20-9-8-10-21(15-20)31-4;/h8-11,14-15,19,22H,5-7,12-13,16-18H2,1-4H3,(H2,25,27,28);1H. The first kappa shape index (κ1) is 26.4. The van der Waals surface area contributed by atoms with Crippen molar-refractivity contribution in [3.8, 4) is 5.75 Å². The number of guanidine groups is 1. The Hall–Kier alpha value is -1.81. The molecule has 2 N–H and O–H groups in total. The third kappa shape index (κ3) is 7.65. The number of benzene rings is 1. The third-order valence-electron chi connectivity index (χ3n) is 5.61. The zero-order chi connectivity index (χ0) is 22.1. The van der Waals surface area contributed by atoms with Crippen LogP contribution in [0.5, 0.6) is 5.75 Å². The summed E-state index contributed by atoms with van der Waals surface area (Å²) in [6, 6.07) is 8.70. The molecule has 178 valence electrons. The first-order valence-corrected chi connectivity index (χ1v) is 11.5. The van der Waals surface area contributed by atoms with Crippen molar-refractivity contribution in [1.29, 1.82) is 0 Å². The minimum Gasteiger partial charge on any atom is -0.497 e. The summed E-state index contributed by atoms with van der Waals surface area (Å²) in [6.45, 7) is 11.9. The van der Waals surface area contributed by atoms with Gasteiger partial charge in [0, 0.05) is 32.0 Å². The van der Waals surface area contributed by atoms with E-state index in [0.717, 1.165) is 50.3 Å². The molecule has 1 saturated heterocycles. The maximum atomic E-state index is 5.47. The summed E-state index contributed by atoms with van der Waals surface area (Å²) in [5.74, 6) is 3.30. The Bertz CT molecular complexity index is 831. The number of ether oxygens (including phenoxy) is 1. The lowest BCUT2D eigenvalue weighted by Crippen LogP contribution is -2.42. The molecule has 0 bridgehead atoms. The van der Waals surface area contributed by atoms with Crippen LogP contribution in [0, 0.1) is 5.92 Å². The molecule has 1 aliphatic rings. The topological polar surface area (TPSA) is 66.7 Å². The molecule has 1 unspecified atom stereocenters. The molecule has 8 heteroatoms. The number of hydrogen-bond donors (Lipinski definition) is 2. The normalized spacial score (nSPS) is 15.5. The summed E-state index contributed by atoms with van der Waals surface area (Å²) in [5, 5.41) is 6.96. The van der Waals surface area contributed by atoms with Crippen LogP contribution in [0.15, 0.2) is 41.7 Å². The molecule has 3 rings (SSSR count). The SMILES string of the molecule is CCNC(=NCc1nccn1CC(C)C)NCC(c1cccc(OC)c1)N1CCCC1.I. The van der Waals surface area contributed by atoms with Gasteiger partial charge in [-0.2, -0.15) is 0 Å². The molecule has 0 saturated carbocycles. The molecule has 0 aliphatic carbocycles. The van der Waals surface area contributed by atoms with Crippen LogP contribution in [0.1, 0.15) is 51.0 Å². The number of methoxy groups -OCH3 is 1.